The Hall–Kier alpha value is -1.50. The van der Waals surface area contributed by atoms with Crippen LogP contribution < -0.4 is 16.0 Å². The van der Waals surface area contributed by atoms with Gasteiger partial charge in [0.05, 0.1) is 6.61 Å². The van der Waals surface area contributed by atoms with E-state index in [2.05, 4.69) is 17.4 Å². The van der Waals surface area contributed by atoms with Crippen LogP contribution in [-0.4, -0.2) is 12.6 Å². The summed E-state index contributed by atoms with van der Waals surface area (Å²) >= 11 is 0. The molecule has 0 fully saturated rings. The number of hydrogen-bond donors (Lipinski definition) is 2. The molecule has 1 aliphatic rings. The maximum absolute atomic E-state index is 5.64. The third kappa shape index (κ3) is 2.60. The van der Waals surface area contributed by atoms with Crippen molar-refractivity contribution in [3.05, 3.63) is 29.8 Å². The molecule has 0 amide bonds. The van der Waals surface area contributed by atoms with Crippen molar-refractivity contribution in [1.29, 1.82) is 0 Å². The summed E-state index contributed by atoms with van der Waals surface area (Å²) in [6, 6.07) is 8.37. The molecule has 2 atom stereocenters. The predicted octanol–water partition coefficient (Wildman–Crippen LogP) is 1.80. The zero-order chi connectivity index (χ0) is 12.1. The maximum atomic E-state index is 5.64. The first-order valence-electron chi connectivity index (χ1n) is 5.98. The summed E-state index contributed by atoms with van der Waals surface area (Å²) in [5, 5.41) is 0. The molecular formula is C14H18N2O. The molecule has 0 bridgehead atoms. The largest absolute Gasteiger partial charge is 0.493 e. The van der Waals surface area contributed by atoms with Gasteiger partial charge in [-0.15, -0.1) is 12.3 Å². The van der Waals surface area contributed by atoms with E-state index in [1.54, 1.807) is 0 Å². The van der Waals surface area contributed by atoms with Crippen molar-refractivity contribution in [1.82, 2.24) is 5.43 Å². The van der Waals surface area contributed by atoms with Crippen molar-refractivity contribution in [2.24, 2.45) is 5.84 Å². The Labute approximate surface area is 102 Å². The SMILES string of the molecule is C#CCCC(NN)C1CCOc2ccccc21. The Kier molecular flexibility index (Phi) is 4.03. The van der Waals surface area contributed by atoms with Crippen LogP contribution in [0.15, 0.2) is 24.3 Å². The zero-order valence-electron chi connectivity index (χ0n) is 9.86. The van der Waals surface area contributed by atoms with Gasteiger partial charge in [0.25, 0.3) is 0 Å². The number of nitrogens with two attached hydrogens (primary N) is 1. The summed E-state index contributed by atoms with van der Waals surface area (Å²) < 4.78 is 5.64. The molecule has 1 aliphatic heterocycles. The number of benzene rings is 1. The van der Waals surface area contributed by atoms with Gasteiger partial charge in [-0.3, -0.25) is 11.3 Å². The lowest BCUT2D eigenvalue weighted by Crippen LogP contribution is -2.41. The third-order valence-corrected chi connectivity index (χ3v) is 3.30. The minimum Gasteiger partial charge on any atom is -0.493 e. The van der Waals surface area contributed by atoms with Crippen molar-refractivity contribution in [2.75, 3.05) is 6.61 Å². The zero-order valence-corrected chi connectivity index (χ0v) is 9.86. The molecule has 0 aliphatic carbocycles. The van der Waals surface area contributed by atoms with Gasteiger partial charge in [0, 0.05) is 18.4 Å². The van der Waals surface area contributed by atoms with E-state index in [-0.39, 0.29) is 6.04 Å². The summed E-state index contributed by atoms with van der Waals surface area (Å²) in [6.07, 6.45) is 7.93. The summed E-state index contributed by atoms with van der Waals surface area (Å²) in [5.74, 6) is 9.67. The number of para-hydroxylation sites is 1. The fraction of sp³-hybridized carbons (Fsp3) is 0.429. The van der Waals surface area contributed by atoms with Crippen molar-refractivity contribution in [3.8, 4) is 18.1 Å². The number of rotatable bonds is 4. The topological polar surface area (TPSA) is 47.3 Å². The van der Waals surface area contributed by atoms with E-state index in [1.165, 1.54) is 5.56 Å². The number of fused-ring (bicyclic) bond motifs is 1. The summed E-state index contributed by atoms with van der Waals surface area (Å²) in [4.78, 5) is 0. The second-order valence-electron chi connectivity index (χ2n) is 4.30. The molecule has 0 saturated carbocycles. The van der Waals surface area contributed by atoms with Gasteiger partial charge in [-0.1, -0.05) is 18.2 Å². The molecule has 1 heterocycles. The van der Waals surface area contributed by atoms with E-state index < -0.39 is 0 Å². The van der Waals surface area contributed by atoms with Gasteiger partial charge in [-0.2, -0.15) is 0 Å². The first-order chi connectivity index (χ1) is 8.36. The van der Waals surface area contributed by atoms with Crippen LogP contribution in [0.2, 0.25) is 0 Å². The van der Waals surface area contributed by atoms with Crippen molar-refractivity contribution >= 4 is 0 Å². The normalized spacial score (nSPS) is 19.9. The molecule has 2 unspecified atom stereocenters. The van der Waals surface area contributed by atoms with E-state index >= 15 is 0 Å². The highest BCUT2D eigenvalue weighted by molar-refractivity contribution is 5.38. The molecule has 1 aromatic rings. The third-order valence-electron chi connectivity index (χ3n) is 3.30. The van der Waals surface area contributed by atoms with E-state index in [0.29, 0.717) is 5.92 Å². The highest BCUT2D eigenvalue weighted by atomic mass is 16.5. The van der Waals surface area contributed by atoms with Crippen LogP contribution in [0.25, 0.3) is 0 Å². The molecule has 1 aromatic carbocycles. The van der Waals surface area contributed by atoms with Gasteiger partial charge in [0.2, 0.25) is 0 Å². The van der Waals surface area contributed by atoms with Gasteiger partial charge in [-0.05, 0) is 24.5 Å². The lowest BCUT2D eigenvalue weighted by molar-refractivity contribution is 0.242. The van der Waals surface area contributed by atoms with E-state index in [9.17, 15) is 0 Å². The van der Waals surface area contributed by atoms with Gasteiger partial charge in [0.15, 0.2) is 0 Å². The van der Waals surface area contributed by atoms with E-state index in [1.807, 2.05) is 18.2 Å². The lowest BCUT2D eigenvalue weighted by atomic mass is 9.85. The van der Waals surface area contributed by atoms with Crippen LogP contribution in [0.4, 0.5) is 0 Å². The van der Waals surface area contributed by atoms with Crippen LogP contribution in [0, 0.1) is 12.3 Å². The fourth-order valence-electron chi connectivity index (χ4n) is 2.43. The van der Waals surface area contributed by atoms with Crippen molar-refractivity contribution in [2.45, 2.75) is 31.2 Å². The standard InChI is InChI=1S/C14H18N2O/c1-2-3-7-13(16-15)11-9-10-17-14-8-5-4-6-12(11)14/h1,4-6,8,11,13,16H,3,7,9-10,15H2. The Morgan fingerprint density at radius 2 is 2.35 bits per heavy atom. The number of hydrazine groups is 1. The van der Waals surface area contributed by atoms with Crippen LogP contribution in [0.3, 0.4) is 0 Å². The fourth-order valence-corrected chi connectivity index (χ4v) is 2.43. The molecule has 0 radical (unpaired) electrons. The monoisotopic (exact) mass is 230 g/mol. The van der Waals surface area contributed by atoms with E-state index in [4.69, 9.17) is 17.0 Å². The second kappa shape index (κ2) is 5.72. The van der Waals surface area contributed by atoms with Crippen LogP contribution in [-0.2, 0) is 0 Å². The van der Waals surface area contributed by atoms with Gasteiger partial charge in [-0.25, -0.2) is 0 Å². The lowest BCUT2D eigenvalue weighted by Gasteiger charge is -2.31. The molecule has 3 N–H and O–H groups in total. The highest BCUT2D eigenvalue weighted by Crippen LogP contribution is 2.36. The molecular weight excluding hydrogens is 212 g/mol. The summed E-state index contributed by atoms with van der Waals surface area (Å²) in [7, 11) is 0. The average molecular weight is 230 g/mol. The second-order valence-corrected chi connectivity index (χ2v) is 4.30. The molecule has 3 heteroatoms. The average Bonchev–Trinajstić information content (AvgIpc) is 2.40. The Morgan fingerprint density at radius 3 is 3.12 bits per heavy atom. The van der Waals surface area contributed by atoms with Crippen molar-refractivity contribution < 1.29 is 4.74 Å². The first-order valence-corrected chi connectivity index (χ1v) is 5.98. The Morgan fingerprint density at radius 1 is 1.53 bits per heavy atom. The Balaban J connectivity index is 2.19. The maximum Gasteiger partial charge on any atom is 0.122 e. The molecule has 0 aromatic heterocycles. The molecule has 0 spiro atoms. The molecule has 17 heavy (non-hydrogen) atoms. The number of terminal acetylenes is 1. The minimum atomic E-state index is 0.219. The number of hydrogen-bond acceptors (Lipinski definition) is 3. The van der Waals surface area contributed by atoms with Crippen LogP contribution in [0.5, 0.6) is 5.75 Å². The molecule has 2 rings (SSSR count). The number of ether oxygens (including phenoxy) is 1. The first kappa shape index (κ1) is 12.0. The van der Waals surface area contributed by atoms with Gasteiger partial charge >= 0.3 is 0 Å². The predicted molar refractivity (Wildman–Crippen MR) is 68.5 cm³/mol. The molecule has 0 saturated heterocycles. The van der Waals surface area contributed by atoms with E-state index in [0.717, 1.165) is 31.6 Å². The smallest absolute Gasteiger partial charge is 0.122 e. The van der Waals surface area contributed by atoms with Crippen LogP contribution >= 0.6 is 0 Å². The minimum absolute atomic E-state index is 0.219. The molecule has 3 nitrogen and oxygen atoms in total. The summed E-state index contributed by atoms with van der Waals surface area (Å²) in [6.45, 7) is 0.746. The summed E-state index contributed by atoms with van der Waals surface area (Å²) in [5.41, 5.74) is 4.13. The van der Waals surface area contributed by atoms with Crippen molar-refractivity contribution in [3.63, 3.8) is 0 Å². The highest BCUT2D eigenvalue weighted by Gasteiger charge is 2.27. The molecule has 90 valence electrons. The van der Waals surface area contributed by atoms with Crippen LogP contribution in [0.1, 0.15) is 30.7 Å². The quantitative estimate of drug-likeness (QED) is 0.471. The number of nitrogens with one attached hydrogen (secondary N) is 1. The van der Waals surface area contributed by atoms with Gasteiger partial charge < -0.3 is 4.74 Å². The van der Waals surface area contributed by atoms with Gasteiger partial charge in [0.1, 0.15) is 5.75 Å². The Bertz CT molecular complexity index is 411.